The lowest BCUT2D eigenvalue weighted by atomic mass is 10.2. The molecule has 4 aromatic rings. The van der Waals surface area contributed by atoms with Crippen LogP contribution in [0.25, 0.3) is 10.1 Å². The third kappa shape index (κ3) is 4.74. The molecule has 0 spiro atoms. The smallest absolute Gasteiger partial charge is 0.0820 e. The topological polar surface area (TPSA) is 38.0 Å². The van der Waals surface area contributed by atoms with Crippen LogP contribution in [0.3, 0.4) is 0 Å². The molecule has 3 aromatic carbocycles. The van der Waals surface area contributed by atoms with Crippen molar-refractivity contribution < 1.29 is 0 Å². The molecule has 0 aliphatic rings. The standard InChI is InChI=1S/C21H17ClN2S3/c22-16-8-9-20(25-13-14-4-3-6-17(23)10-14)18(12-16)24-27-21-11-15-5-1-2-7-19(15)26-21/h1-12,24H,13,23H2. The van der Waals surface area contributed by atoms with Crippen LogP contribution < -0.4 is 10.5 Å². The maximum absolute atomic E-state index is 6.23. The number of hydrogen-bond donors (Lipinski definition) is 2. The second-order valence-electron chi connectivity index (χ2n) is 5.98. The number of fused-ring (bicyclic) bond motifs is 1. The molecule has 6 heteroatoms. The van der Waals surface area contributed by atoms with E-state index in [9.17, 15) is 0 Å². The third-order valence-electron chi connectivity index (χ3n) is 3.95. The summed E-state index contributed by atoms with van der Waals surface area (Å²) in [6.07, 6.45) is 0. The average Bonchev–Trinajstić information content (AvgIpc) is 3.08. The van der Waals surface area contributed by atoms with E-state index in [0.29, 0.717) is 0 Å². The van der Waals surface area contributed by atoms with Crippen LogP contribution in [-0.4, -0.2) is 0 Å². The first kappa shape index (κ1) is 18.6. The number of rotatable bonds is 6. The van der Waals surface area contributed by atoms with Crippen molar-refractivity contribution in [2.45, 2.75) is 14.9 Å². The van der Waals surface area contributed by atoms with Gasteiger partial charge in [-0.25, -0.2) is 0 Å². The Morgan fingerprint density at radius 3 is 2.70 bits per heavy atom. The Hall–Kier alpha value is -1.79. The Morgan fingerprint density at radius 2 is 1.85 bits per heavy atom. The summed E-state index contributed by atoms with van der Waals surface area (Å²) in [5.41, 5.74) is 8.91. The summed E-state index contributed by atoms with van der Waals surface area (Å²) < 4.78 is 6.00. The van der Waals surface area contributed by atoms with Gasteiger partial charge in [0.15, 0.2) is 0 Å². The number of thiophene rings is 1. The third-order valence-corrected chi connectivity index (χ3v) is 7.38. The van der Waals surface area contributed by atoms with Crippen LogP contribution in [-0.2, 0) is 5.75 Å². The molecule has 2 nitrogen and oxygen atoms in total. The summed E-state index contributed by atoms with van der Waals surface area (Å²) in [7, 11) is 0. The van der Waals surface area contributed by atoms with Crippen LogP contribution in [0.5, 0.6) is 0 Å². The number of nitrogens with one attached hydrogen (secondary N) is 1. The molecule has 0 saturated heterocycles. The van der Waals surface area contributed by atoms with E-state index >= 15 is 0 Å². The number of nitrogens with two attached hydrogens (primary N) is 1. The lowest BCUT2D eigenvalue weighted by molar-refractivity contribution is 1.38. The van der Waals surface area contributed by atoms with Gasteiger partial charge in [0.2, 0.25) is 0 Å². The highest BCUT2D eigenvalue weighted by Gasteiger charge is 2.08. The molecule has 0 unspecified atom stereocenters. The Kier molecular flexibility index (Phi) is 5.83. The quantitative estimate of drug-likeness (QED) is 0.189. The molecule has 136 valence electrons. The predicted octanol–water partition coefficient (Wildman–Crippen LogP) is 7.55. The number of benzene rings is 3. The van der Waals surface area contributed by atoms with Crippen molar-refractivity contribution in [2.24, 2.45) is 0 Å². The van der Waals surface area contributed by atoms with E-state index in [1.54, 1.807) is 35.0 Å². The molecule has 0 radical (unpaired) electrons. The van der Waals surface area contributed by atoms with Gasteiger partial charge >= 0.3 is 0 Å². The van der Waals surface area contributed by atoms with Gasteiger partial charge in [0, 0.05) is 26.1 Å². The van der Waals surface area contributed by atoms with Gasteiger partial charge in [-0.05, 0) is 65.4 Å². The first-order valence-electron chi connectivity index (χ1n) is 8.35. The van der Waals surface area contributed by atoms with Crippen LogP contribution in [0.15, 0.2) is 81.9 Å². The fraction of sp³-hybridized carbons (Fsp3) is 0.0476. The lowest BCUT2D eigenvalue weighted by Crippen LogP contribution is -1.90. The normalized spacial score (nSPS) is 11.0. The van der Waals surface area contributed by atoms with E-state index in [1.165, 1.54) is 19.9 Å². The van der Waals surface area contributed by atoms with Crippen molar-refractivity contribution in [1.29, 1.82) is 0 Å². The summed E-state index contributed by atoms with van der Waals surface area (Å²) in [6, 6.07) is 24.6. The molecule has 3 N–H and O–H groups in total. The first-order valence-corrected chi connectivity index (χ1v) is 11.4. The van der Waals surface area contributed by atoms with Crippen molar-refractivity contribution >= 4 is 68.1 Å². The Labute approximate surface area is 176 Å². The van der Waals surface area contributed by atoms with Gasteiger partial charge < -0.3 is 10.5 Å². The SMILES string of the molecule is Nc1cccc(CSc2ccc(Cl)cc2NSc2cc3ccccc3s2)c1. The fourth-order valence-corrected chi connectivity index (χ4v) is 5.75. The van der Waals surface area contributed by atoms with Crippen LogP contribution >= 0.6 is 46.6 Å². The maximum atomic E-state index is 6.23. The number of nitrogen functional groups attached to an aromatic ring is 1. The Balaban J connectivity index is 1.48. The monoisotopic (exact) mass is 428 g/mol. The second kappa shape index (κ2) is 8.48. The molecule has 0 amide bonds. The molecule has 0 atom stereocenters. The summed E-state index contributed by atoms with van der Waals surface area (Å²) in [4.78, 5) is 1.16. The molecule has 0 aliphatic heterocycles. The fourth-order valence-electron chi connectivity index (χ4n) is 2.66. The van der Waals surface area contributed by atoms with Crippen LogP contribution in [0.4, 0.5) is 11.4 Å². The van der Waals surface area contributed by atoms with Gasteiger partial charge in [-0.2, -0.15) is 0 Å². The highest BCUT2D eigenvalue weighted by atomic mass is 35.5. The maximum Gasteiger partial charge on any atom is 0.0820 e. The van der Waals surface area contributed by atoms with E-state index in [1.807, 2.05) is 30.3 Å². The van der Waals surface area contributed by atoms with Crippen LogP contribution in [0.1, 0.15) is 5.56 Å². The number of thioether (sulfide) groups is 1. The lowest BCUT2D eigenvalue weighted by Gasteiger charge is -2.11. The predicted molar refractivity (Wildman–Crippen MR) is 123 cm³/mol. The van der Waals surface area contributed by atoms with E-state index < -0.39 is 0 Å². The molecule has 0 bridgehead atoms. The Morgan fingerprint density at radius 1 is 0.963 bits per heavy atom. The summed E-state index contributed by atoms with van der Waals surface area (Å²) in [5.74, 6) is 0.856. The van der Waals surface area contributed by atoms with Crippen molar-refractivity contribution in [3.05, 3.63) is 83.4 Å². The van der Waals surface area contributed by atoms with E-state index in [2.05, 4.69) is 47.2 Å². The van der Waals surface area contributed by atoms with Gasteiger partial charge in [-0.15, -0.1) is 23.1 Å². The van der Waals surface area contributed by atoms with Crippen LogP contribution in [0, 0.1) is 0 Å². The van der Waals surface area contributed by atoms with Crippen molar-refractivity contribution in [3.63, 3.8) is 0 Å². The number of halogens is 1. The minimum absolute atomic E-state index is 0.725. The van der Waals surface area contributed by atoms with Gasteiger partial charge in [-0.1, -0.05) is 41.9 Å². The van der Waals surface area contributed by atoms with E-state index in [0.717, 1.165) is 27.0 Å². The van der Waals surface area contributed by atoms with Crippen LogP contribution in [0.2, 0.25) is 5.02 Å². The van der Waals surface area contributed by atoms with Crippen molar-refractivity contribution in [1.82, 2.24) is 0 Å². The molecular formula is C21H17ClN2S3. The largest absolute Gasteiger partial charge is 0.399 e. The second-order valence-corrected chi connectivity index (χ2v) is 9.63. The summed E-state index contributed by atoms with van der Waals surface area (Å²) >= 11 is 11.4. The highest BCUT2D eigenvalue weighted by molar-refractivity contribution is 8.02. The zero-order chi connectivity index (χ0) is 18.6. The molecule has 0 aliphatic carbocycles. The first-order chi connectivity index (χ1) is 13.2. The molecule has 1 aromatic heterocycles. The molecule has 4 rings (SSSR count). The van der Waals surface area contributed by atoms with Crippen molar-refractivity contribution in [3.8, 4) is 0 Å². The zero-order valence-electron chi connectivity index (χ0n) is 14.3. The van der Waals surface area contributed by atoms with Gasteiger partial charge in [-0.3, -0.25) is 0 Å². The van der Waals surface area contributed by atoms with Gasteiger partial charge in [0.1, 0.15) is 0 Å². The summed E-state index contributed by atoms with van der Waals surface area (Å²) in [5, 5.41) is 2.00. The Bertz CT molecular complexity index is 1040. The summed E-state index contributed by atoms with van der Waals surface area (Å²) in [6.45, 7) is 0. The van der Waals surface area contributed by atoms with E-state index in [4.69, 9.17) is 17.3 Å². The molecule has 1 heterocycles. The molecule has 0 saturated carbocycles. The van der Waals surface area contributed by atoms with E-state index in [-0.39, 0.29) is 0 Å². The highest BCUT2D eigenvalue weighted by Crippen LogP contribution is 2.37. The minimum Gasteiger partial charge on any atom is -0.399 e. The number of hydrogen-bond acceptors (Lipinski definition) is 5. The minimum atomic E-state index is 0.725. The van der Waals surface area contributed by atoms with Gasteiger partial charge in [0.05, 0.1) is 9.90 Å². The molecular weight excluding hydrogens is 412 g/mol. The molecule has 27 heavy (non-hydrogen) atoms. The number of anilines is 2. The zero-order valence-corrected chi connectivity index (χ0v) is 17.5. The average molecular weight is 429 g/mol. The molecule has 0 fully saturated rings. The van der Waals surface area contributed by atoms with Gasteiger partial charge in [0.25, 0.3) is 0 Å². The van der Waals surface area contributed by atoms with Crippen molar-refractivity contribution in [2.75, 3.05) is 10.5 Å².